The fourth-order valence-corrected chi connectivity index (χ4v) is 4.20. The van der Waals surface area contributed by atoms with Crippen LogP contribution in [0.15, 0.2) is 103 Å². The van der Waals surface area contributed by atoms with Crippen LogP contribution in [0.3, 0.4) is 0 Å². The minimum atomic E-state index is -1.13. The van der Waals surface area contributed by atoms with E-state index in [1.165, 1.54) is 6.07 Å². The highest BCUT2D eigenvalue weighted by molar-refractivity contribution is 6.10. The molecule has 0 unspecified atom stereocenters. The Morgan fingerprint density at radius 2 is 1.50 bits per heavy atom. The van der Waals surface area contributed by atoms with Crippen molar-refractivity contribution in [1.29, 1.82) is 0 Å². The molecule has 6 aromatic rings. The van der Waals surface area contributed by atoms with Crippen LogP contribution >= 0.6 is 0 Å². The van der Waals surface area contributed by atoms with Crippen molar-refractivity contribution in [3.8, 4) is 28.6 Å². The Balaban J connectivity index is 1.51. The molecule has 34 heavy (non-hydrogen) atoms. The summed E-state index contributed by atoms with van der Waals surface area (Å²) in [5.74, 6) is -0.609. The smallest absolute Gasteiger partial charge is 0.250 e. The van der Waals surface area contributed by atoms with E-state index in [0.717, 1.165) is 39.0 Å². The van der Waals surface area contributed by atoms with Gasteiger partial charge in [0.2, 0.25) is 5.88 Å². The van der Waals surface area contributed by atoms with Gasteiger partial charge < -0.3 is 4.74 Å². The van der Waals surface area contributed by atoms with Gasteiger partial charge in [0.15, 0.2) is 5.82 Å². The highest BCUT2D eigenvalue weighted by atomic mass is 19.2. The van der Waals surface area contributed by atoms with E-state index in [4.69, 9.17) is 4.74 Å². The summed E-state index contributed by atoms with van der Waals surface area (Å²) in [5, 5.41) is 1.99. The van der Waals surface area contributed by atoms with Crippen molar-refractivity contribution in [3.05, 3.63) is 115 Å². The molecule has 0 radical (unpaired) electrons. The molecule has 0 aliphatic rings. The third-order valence-corrected chi connectivity index (χ3v) is 5.72. The van der Waals surface area contributed by atoms with Gasteiger partial charge in [-0.15, -0.1) is 0 Å². The van der Waals surface area contributed by atoms with Gasteiger partial charge in [0.25, 0.3) is 5.95 Å². The number of para-hydroxylation sites is 1. The maximum Gasteiger partial charge on any atom is 0.250 e. The number of fused-ring (bicyclic) bond motifs is 3. The summed E-state index contributed by atoms with van der Waals surface area (Å²) in [6, 6.07) is 29.7. The van der Waals surface area contributed by atoms with Gasteiger partial charge >= 0.3 is 0 Å². The zero-order chi connectivity index (χ0) is 23.1. The van der Waals surface area contributed by atoms with E-state index >= 15 is 0 Å². The summed E-state index contributed by atoms with van der Waals surface area (Å²) < 4.78 is 35.3. The SMILES string of the molecule is Fc1ccc(-n2c3ccccc3c3ccc(-c4cccc(Oc5ccccn5)c4)cc32)nc1F. The first kappa shape index (κ1) is 20.1. The molecule has 0 saturated carbocycles. The Hall–Kier alpha value is -4.58. The van der Waals surface area contributed by atoms with Crippen LogP contribution in [0.4, 0.5) is 8.78 Å². The third-order valence-electron chi connectivity index (χ3n) is 5.72. The first-order valence-corrected chi connectivity index (χ1v) is 10.7. The van der Waals surface area contributed by atoms with Gasteiger partial charge in [-0.25, -0.2) is 9.37 Å². The number of rotatable bonds is 4. The van der Waals surface area contributed by atoms with Crippen LogP contribution in [-0.4, -0.2) is 14.5 Å². The number of nitrogens with zero attached hydrogens (tertiary/aromatic N) is 3. The maximum atomic E-state index is 14.0. The van der Waals surface area contributed by atoms with Gasteiger partial charge in [-0.1, -0.05) is 48.5 Å². The lowest BCUT2D eigenvalue weighted by Crippen LogP contribution is -2.00. The molecular formula is C28H17F2N3O. The summed E-state index contributed by atoms with van der Waals surface area (Å²) in [6.07, 6.45) is 1.68. The van der Waals surface area contributed by atoms with E-state index in [1.54, 1.807) is 12.3 Å². The lowest BCUT2D eigenvalue weighted by atomic mass is 10.0. The normalized spacial score (nSPS) is 11.2. The van der Waals surface area contributed by atoms with Crippen molar-refractivity contribution in [3.63, 3.8) is 0 Å². The number of hydrogen-bond acceptors (Lipinski definition) is 3. The van der Waals surface area contributed by atoms with Crippen LogP contribution in [0, 0.1) is 11.8 Å². The minimum Gasteiger partial charge on any atom is -0.439 e. The number of benzene rings is 3. The number of ether oxygens (including phenoxy) is 1. The molecule has 6 rings (SSSR count). The van der Waals surface area contributed by atoms with Crippen molar-refractivity contribution in [2.24, 2.45) is 0 Å². The van der Waals surface area contributed by atoms with Gasteiger partial charge in [0, 0.05) is 23.0 Å². The predicted molar refractivity (Wildman–Crippen MR) is 128 cm³/mol. The molecule has 6 heteroatoms. The van der Waals surface area contributed by atoms with Crippen molar-refractivity contribution < 1.29 is 13.5 Å². The number of hydrogen-bond donors (Lipinski definition) is 0. The van der Waals surface area contributed by atoms with Crippen LogP contribution in [-0.2, 0) is 0 Å². The molecule has 0 spiro atoms. The van der Waals surface area contributed by atoms with Gasteiger partial charge in [-0.05, 0) is 53.6 Å². The average Bonchev–Trinajstić information content (AvgIpc) is 3.20. The van der Waals surface area contributed by atoms with Crippen molar-refractivity contribution >= 4 is 21.8 Å². The molecule has 0 amide bonds. The molecule has 164 valence electrons. The summed E-state index contributed by atoms with van der Waals surface area (Å²) in [4.78, 5) is 8.08. The van der Waals surface area contributed by atoms with Gasteiger partial charge in [0.05, 0.1) is 11.0 Å². The quantitative estimate of drug-likeness (QED) is 0.265. The predicted octanol–water partition coefficient (Wildman–Crippen LogP) is 7.31. The number of aromatic nitrogens is 3. The van der Waals surface area contributed by atoms with E-state index < -0.39 is 11.8 Å². The Kier molecular flexibility index (Phi) is 4.77. The van der Waals surface area contributed by atoms with Crippen LogP contribution in [0.2, 0.25) is 0 Å². The third kappa shape index (κ3) is 3.46. The molecule has 0 aliphatic carbocycles. The molecule has 4 nitrogen and oxygen atoms in total. The first-order valence-electron chi connectivity index (χ1n) is 10.7. The molecule has 0 N–H and O–H groups in total. The fraction of sp³-hybridized carbons (Fsp3) is 0. The lowest BCUT2D eigenvalue weighted by molar-refractivity contribution is 0.463. The Labute approximate surface area is 193 Å². The van der Waals surface area contributed by atoms with Crippen LogP contribution in [0.5, 0.6) is 11.6 Å². The zero-order valence-corrected chi connectivity index (χ0v) is 17.8. The lowest BCUT2D eigenvalue weighted by Gasteiger charge is -2.10. The molecule has 0 fully saturated rings. The minimum absolute atomic E-state index is 0.314. The van der Waals surface area contributed by atoms with Crippen molar-refractivity contribution in [2.45, 2.75) is 0 Å². The summed E-state index contributed by atoms with van der Waals surface area (Å²) in [5.41, 5.74) is 3.60. The zero-order valence-electron chi connectivity index (χ0n) is 17.8. The Bertz CT molecular complexity index is 1660. The van der Waals surface area contributed by atoms with E-state index in [-0.39, 0.29) is 0 Å². The van der Waals surface area contributed by atoms with Gasteiger partial charge in [-0.2, -0.15) is 9.37 Å². The van der Waals surface area contributed by atoms with Crippen LogP contribution in [0.1, 0.15) is 0 Å². The highest BCUT2D eigenvalue weighted by Crippen LogP contribution is 2.35. The molecule has 3 heterocycles. The molecular weight excluding hydrogens is 432 g/mol. The van der Waals surface area contributed by atoms with Crippen LogP contribution in [0.25, 0.3) is 38.8 Å². The molecule has 0 aliphatic heterocycles. The van der Waals surface area contributed by atoms with Crippen molar-refractivity contribution in [2.75, 3.05) is 0 Å². The Morgan fingerprint density at radius 1 is 0.676 bits per heavy atom. The van der Waals surface area contributed by atoms with Crippen molar-refractivity contribution in [1.82, 2.24) is 14.5 Å². The second-order valence-electron chi connectivity index (χ2n) is 7.82. The van der Waals surface area contributed by atoms with E-state index in [1.807, 2.05) is 83.4 Å². The fourth-order valence-electron chi connectivity index (χ4n) is 4.20. The molecule has 3 aromatic heterocycles. The average molecular weight is 449 g/mol. The highest BCUT2D eigenvalue weighted by Gasteiger charge is 2.15. The topological polar surface area (TPSA) is 39.9 Å². The Morgan fingerprint density at radius 3 is 2.35 bits per heavy atom. The summed E-state index contributed by atoms with van der Waals surface area (Å²) in [6.45, 7) is 0. The van der Waals surface area contributed by atoms with E-state index in [9.17, 15) is 8.78 Å². The standard InChI is InChI=1S/C28H17F2N3O/c29-23-13-14-26(32-28(23)30)33-24-9-2-1-8-21(24)22-12-11-19(17-25(22)33)18-6-5-7-20(16-18)34-27-10-3-4-15-31-27/h1-17H. The molecule has 0 saturated heterocycles. The first-order chi connectivity index (χ1) is 16.7. The van der Waals surface area contributed by atoms with Gasteiger partial charge in [-0.3, -0.25) is 4.57 Å². The second-order valence-corrected chi connectivity index (χ2v) is 7.82. The molecule has 0 atom stereocenters. The monoisotopic (exact) mass is 449 g/mol. The van der Waals surface area contributed by atoms with E-state index in [2.05, 4.69) is 9.97 Å². The number of pyridine rings is 2. The molecule has 3 aromatic carbocycles. The summed E-state index contributed by atoms with van der Waals surface area (Å²) >= 11 is 0. The second kappa shape index (κ2) is 8.08. The maximum absolute atomic E-state index is 14.0. The molecule has 0 bridgehead atoms. The van der Waals surface area contributed by atoms with E-state index in [0.29, 0.717) is 17.4 Å². The van der Waals surface area contributed by atoms with Crippen LogP contribution < -0.4 is 4.74 Å². The largest absolute Gasteiger partial charge is 0.439 e. The number of halogens is 2. The van der Waals surface area contributed by atoms with Gasteiger partial charge in [0.1, 0.15) is 11.6 Å². The summed E-state index contributed by atoms with van der Waals surface area (Å²) in [7, 11) is 0.